The summed E-state index contributed by atoms with van der Waals surface area (Å²) in [6.45, 7) is 0. The van der Waals surface area contributed by atoms with Crippen LogP contribution < -0.4 is 0 Å². The molecule has 0 aromatic heterocycles. The van der Waals surface area contributed by atoms with E-state index < -0.39 is 17.9 Å². The minimum absolute atomic E-state index is 0.0352. The first-order valence-corrected chi connectivity index (χ1v) is 3.71. The number of hydrogen-bond acceptors (Lipinski definition) is 3. The lowest BCUT2D eigenvalue weighted by atomic mass is 10.2. The van der Waals surface area contributed by atoms with E-state index in [2.05, 4.69) is 15.9 Å². The van der Waals surface area contributed by atoms with Crippen molar-refractivity contribution in [2.45, 2.75) is 12.5 Å². The quantitative estimate of drug-likeness (QED) is 0.498. The van der Waals surface area contributed by atoms with Crippen molar-refractivity contribution in [3.8, 4) is 0 Å². The van der Waals surface area contributed by atoms with Gasteiger partial charge in [0.25, 0.3) is 0 Å². The summed E-state index contributed by atoms with van der Waals surface area (Å²) in [4.78, 5) is 20.5. The third-order valence-corrected chi connectivity index (χ3v) is 1.28. The Morgan fingerprint density at radius 2 is 2.00 bits per heavy atom. The van der Waals surface area contributed by atoms with E-state index in [0.717, 1.165) is 0 Å². The monoisotopic (exact) mass is 210 g/mol. The number of rotatable bonds is 4. The summed E-state index contributed by atoms with van der Waals surface area (Å²) in [7, 11) is 0. The molecule has 1 unspecified atom stereocenters. The Bertz CT molecular complexity index is 145. The number of aliphatic hydroxyl groups excluding tert-OH is 1. The topological polar surface area (TPSA) is 74.6 Å². The molecule has 0 spiro atoms. The van der Waals surface area contributed by atoms with E-state index in [0.29, 0.717) is 5.33 Å². The van der Waals surface area contributed by atoms with Gasteiger partial charge in [-0.25, -0.2) is 4.79 Å². The maximum absolute atomic E-state index is 10.5. The number of alkyl halides is 1. The number of carboxylic acids is 1. The number of Topliss-reactive ketones (excluding diaryl/α,β-unsaturated/α-hetero) is 1. The highest BCUT2D eigenvalue weighted by atomic mass is 79.9. The molecule has 2 N–H and O–H groups in total. The van der Waals surface area contributed by atoms with Gasteiger partial charge in [0, 0.05) is 11.8 Å². The zero-order valence-corrected chi connectivity index (χ0v) is 6.67. The Kier molecular flexibility index (Phi) is 4.22. The SMILES string of the molecule is O=C(O)C(O)C(=O)CCBr. The van der Waals surface area contributed by atoms with Crippen LogP contribution in [0.1, 0.15) is 6.42 Å². The van der Waals surface area contributed by atoms with Crippen molar-refractivity contribution >= 4 is 27.7 Å². The van der Waals surface area contributed by atoms with Crippen LogP contribution in [0.2, 0.25) is 0 Å². The third-order valence-electron chi connectivity index (χ3n) is 0.880. The Hall–Kier alpha value is -0.420. The molecule has 0 bridgehead atoms. The largest absolute Gasteiger partial charge is 0.479 e. The van der Waals surface area contributed by atoms with E-state index in [9.17, 15) is 9.59 Å². The maximum Gasteiger partial charge on any atom is 0.340 e. The smallest absolute Gasteiger partial charge is 0.340 e. The van der Waals surface area contributed by atoms with E-state index in [1.807, 2.05) is 0 Å². The van der Waals surface area contributed by atoms with Crippen molar-refractivity contribution in [3.63, 3.8) is 0 Å². The van der Waals surface area contributed by atoms with Crippen molar-refractivity contribution in [3.05, 3.63) is 0 Å². The minimum atomic E-state index is -1.86. The predicted octanol–water partition coefficient (Wildman–Crippen LogP) is -0.214. The highest BCUT2D eigenvalue weighted by Gasteiger charge is 2.21. The summed E-state index contributed by atoms with van der Waals surface area (Å²) >= 11 is 2.94. The Morgan fingerprint density at radius 3 is 2.30 bits per heavy atom. The average molecular weight is 211 g/mol. The number of halogens is 1. The molecule has 0 heterocycles. The lowest BCUT2D eigenvalue weighted by Gasteiger charge is -2.00. The molecule has 0 aromatic carbocycles. The number of ketones is 1. The van der Waals surface area contributed by atoms with Crippen LogP contribution in [-0.2, 0) is 9.59 Å². The number of carbonyl (C=O) groups excluding carboxylic acids is 1. The number of carbonyl (C=O) groups is 2. The van der Waals surface area contributed by atoms with Gasteiger partial charge in [0.2, 0.25) is 6.10 Å². The van der Waals surface area contributed by atoms with Gasteiger partial charge in [-0.2, -0.15) is 0 Å². The highest BCUT2D eigenvalue weighted by molar-refractivity contribution is 9.09. The first-order valence-electron chi connectivity index (χ1n) is 2.59. The molecule has 0 aliphatic heterocycles. The van der Waals surface area contributed by atoms with Gasteiger partial charge < -0.3 is 10.2 Å². The van der Waals surface area contributed by atoms with E-state index in [1.54, 1.807) is 0 Å². The summed E-state index contributed by atoms with van der Waals surface area (Å²) in [5.41, 5.74) is 0. The molecule has 0 rings (SSSR count). The van der Waals surface area contributed by atoms with E-state index >= 15 is 0 Å². The summed E-state index contributed by atoms with van der Waals surface area (Å²) in [5, 5.41) is 17.0. The molecule has 0 saturated heterocycles. The van der Waals surface area contributed by atoms with Crippen molar-refractivity contribution in [2.75, 3.05) is 5.33 Å². The number of hydrogen-bond donors (Lipinski definition) is 2. The first kappa shape index (κ1) is 9.58. The zero-order chi connectivity index (χ0) is 8.15. The molecule has 0 fully saturated rings. The third kappa shape index (κ3) is 2.93. The maximum atomic E-state index is 10.5. The van der Waals surface area contributed by atoms with Crippen molar-refractivity contribution < 1.29 is 19.8 Å². The summed E-state index contributed by atoms with van der Waals surface area (Å²) in [6, 6.07) is 0. The fourth-order valence-corrected chi connectivity index (χ4v) is 0.758. The molecule has 58 valence electrons. The second-order valence-electron chi connectivity index (χ2n) is 1.65. The average Bonchev–Trinajstić information content (AvgIpc) is 1.87. The number of aliphatic hydroxyl groups is 1. The molecule has 0 amide bonds. The van der Waals surface area contributed by atoms with Crippen LogP contribution in [-0.4, -0.2) is 33.4 Å². The standard InChI is InChI=1S/C5H7BrO4/c6-2-1-3(7)4(8)5(9)10/h4,8H,1-2H2,(H,9,10). The van der Waals surface area contributed by atoms with Crippen molar-refractivity contribution in [2.24, 2.45) is 0 Å². The van der Waals surface area contributed by atoms with Gasteiger partial charge in [-0.3, -0.25) is 4.79 Å². The van der Waals surface area contributed by atoms with E-state index in [4.69, 9.17) is 10.2 Å². The molecule has 4 nitrogen and oxygen atoms in total. The van der Waals surface area contributed by atoms with Crippen LogP contribution in [0.25, 0.3) is 0 Å². The Labute approximate surface area is 66.0 Å². The van der Waals surface area contributed by atoms with Crippen LogP contribution in [0.3, 0.4) is 0 Å². The Morgan fingerprint density at radius 1 is 1.50 bits per heavy atom. The summed E-state index contributed by atoms with van der Waals surface area (Å²) < 4.78 is 0. The molecular weight excluding hydrogens is 204 g/mol. The van der Waals surface area contributed by atoms with E-state index in [-0.39, 0.29) is 6.42 Å². The minimum Gasteiger partial charge on any atom is -0.479 e. The molecule has 0 aromatic rings. The van der Waals surface area contributed by atoms with Gasteiger partial charge >= 0.3 is 5.97 Å². The molecule has 5 heteroatoms. The molecule has 0 radical (unpaired) electrons. The fourth-order valence-electron chi connectivity index (χ4n) is 0.368. The number of carboxylic acid groups (broad SMARTS) is 1. The van der Waals surface area contributed by atoms with Gasteiger partial charge in [-0.15, -0.1) is 0 Å². The Balaban J connectivity index is 3.82. The van der Waals surface area contributed by atoms with Crippen LogP contribution in [0.4, 0.5) is 0 Å². The molecule has 0 aliphatic carbocycles. The second-order valence-corrected chi connectivity index (χ2v) is 2.44. The van der Waals surface area contributed by atoms with Crippen molar-refractivity contribution in [1.82, 2.24) is 0 Å². The van der Waals surface area contributed by atoms with Gasteiger partial charge in [0.15, 0.2) is 5.78 Å². The van der Waals surface area contributed by atoms with Crippen LogP contribution in [0, 0.1) is 0 Å². The van der Waals surface area contributed by atoms with Gasteiger partial charge in [0.05, 0.1) is 0 Å². The van der Waals surface area contributed by atoms with Crippen LogP contribution in [0.15, 0.2) is 0 Å². The predicted molar refractivity (Wildman–Crippen MR) is 37.1 cm³/mol. The molecule has 0 saturated carbocycles. The zero-order valence-electron chi connectivity index (χ0n) is 5.08. The van der Waals surface area contributed by atoms with Gasteiger partial charge in [0.1, 0.15) is 0 Å². The van der Waals surface area contributed by atoms with Gasteiger partial charge in [-0.05, 0) is 0 Å². The van der Waals surface area contributed by atoms with Crippen LogP contribution >= 0.6 is 15.9 Å². The number of aliphatic carboxylic acids is 1. The van der Waals surface area contributed by atoms with E-state index in [1.165, 1.54) is 0 Å². The highest BCUT2D eigenvalue weighted by Crippen LogP contribution is 1.94. The normalized spacial score (nSPS) is 12.6. The lowest BCUT2D eigenvalue weighted by molar-refractivity contribution is -0.151. The summed E-state index contributed by atoms with van der Waals surface area (Å²) in [5.74, 6) is -2.17. The molecule has 0 aliphatic rings. The van der Waals surface area contributed by atoms with Crippen LogP contribution in [0.5, 0.6) is 0 Å². The second kappa shape index (κ2) is 4.40. The molecule has 1 atom stereocenters. The van der Waals surface area contributed by atoms with Gasteiger partial charge in [-0.1, -0.05) is 15.9 Å². The molecule has 10 heavy (non-hydrogen) atoms. The lowest BCUT2D eigenvalue weighted by Crippen LogP contribution is -2.29. The fraction of sp³-hybridized carbons (Fsp3) is 0.600. The molecular formula is C5H7BrO4. The first-order chi connectivity index (χ1) is 4.59. The summed E-state index contributed by atoms with van der Waals surface area (Å²) in [6.07, 6.45) is -1.83. The van der Waals surface area contributed by atoms with Crippen molar-refractivity contribution in [1.29, 1.82) is 0 Å².